The van der Waals surface area contributed by atoms with Gasteiger partial charge in [-0.2, -0.15) is 0 Å². The number of aromatic nitrogens is 1. The zero-order valence-electron chi connectivity index (χ0n) is 29.6. The monoisotopic (exact) mass is 805 g/mol. The van der Waals surface area contributed by atoms with Crippen LogP contribution in [0.4, 0.5) is 0 Å². The van der Waals surface area contributed by atoms with Crippen LogP contribution in [0.15, 0.2) is 45.7 Å². The van der Waals surface area contributed by atoms with Crippen LogP contribution in [-0.4, -0.2) is 146 Å². The fraction of sp³-hybridized carbons (Fsp3) is 0.417. The molecule has 2 aliphatic rings. The van der Waals surface area contributed by atoms with E-state index < -0.39 is 102 Å². The predicted octanol–water partition coefficient (Wildman–Crippen LogP) is -2.47. The molecule has 0 saturated carbocycles. The van der Waals surface area contributed by atoms with Gasteiger partial charge in [0.2, 0.25) is 24.5 Å². The maximum Gasteiger partial charge on any atom is 0.340 e. The van der Waals surface area contributed by atoms with Gasteiger partial charge in [0.25, 0.3) is 0 Å². The third kappa shape index (κ3) is 7.72. The Kier molecular flexibility index (Phi) is 11.5. The van der Waals surface area contributed by atoms with Crippen LogP contribution < -0.4 is 10.2 Å². The quantitative estimate of drug-likeness (QED) is 0.0424. The van der Waals surface area contributed by atoms with Crippen molar-refractivity contribution >= 4 is 22.9 Å². The van der Waals surface area contributed by atoms with Crippen LogP contribution in [0.3, 0.4) is 0 Å². The number of aryl methyl sites for hydroxylation is 1. The Balaban J connectivity index is 1.38. The Morgan fingerprint density at radius 2 is 1.61 bits per heavy atom. The van der Waals surface area contributed by atoms with Crippen molar-refractivity contribution in [2.45, 2.75) is 87.3 Å². The minimum atomic E-state index is -3.54. The van der Waals surface area contributed by atoms with E-state index in [0.29, 0.717) is 12.0 Å². The van der Waals surface area contributed by atoms with Gasteiger partial charge in [-0.1, -0.05) is 6.92 Å². The molecule has 0 aliphatic carbocycles. The zero-order chi connectivity index (χ0) is 41.7. The molecule has 9 atom stereocenters. The number of rotatable bonds is 11. The van der Waals surface area contributed by atoms with E-state index in [0.717, 1.165) is 23.9 Å². The Morgan fingerprint density at radius 3 is 2.26 bits per heavy atom. The summed E-state index contributed by atoms with van der Waals surface area (Å²) in [5.41, 5.74) is 0.398. The number of H-pyrrole nitrogens is 1. The second-order valence-electron chi connectivity index (χ2n) is 13.5. The van der Waals surface area contributed by atoms with E-state index in [-0.39, 0.29) is 52.0 Å². The number of aliphatic carboxylic acids is 1. The fourth-order valence-electron chi connectivity index (χ4n) is 6.53. The summed E-state index contributed by atoms with van der Waals surface area (Å²) in [6.07, 6.45) is -19.2. The SMILES string of the molecule is CCc1cc(Cc2c(O[C@H]3O[C@H](C(=O)O[C@H]4O[C@H](C(=O)O)C(O)(O)[C@H](O)[C@H]4O)[C@@H](O)[C@H](O)[C@H]3O)cc3oc(-c4cc(O)c(O)c(CCO)c4)cc(=O)c3c2O)c[nH]1. The summed E-state index contributed by atoms with van der Waals surface area (Å²) in [6.45, 7) is 1.48. The van der Waals surface area contributed by atoms with Gasteiger partial charge in [0.15, 0.2) is 23.0 Å². The number of esters is 1. The van der Waals surface area contributed by atoms with Crippen molar-refractivity contribution in [3.63, 3.8) is 0 Å². The number of aromatic hydroxyl groups is 3. The van der Waals surface area contributed by atoms with Crippen LogP contribution in [0.1, 0.15) is 29.3 Å². The molecule has 4 aromatic rings. The normalized spacial score (nSPS) is 27.3. The van der Waals surface area contributed by atoms with E-state index in [9.17, 15) is 75.7 Å². The van der Waals surface area contributed by atoms with Crippen LogP contribution in [0, 0.1) is 0 Å². The molecule has 0 bridgehead atoms. The number of benzene rings is 2. The van der Waals surface area contributed by atoms with Gasteiger partial charge in [0.05, 0.1) is 0 Å². The van der Waals surface area contributed by atoms with Gasteiger partial charge < -0.3 is 89.6 Å². The number of fused-ring (bicyclic) bond motifs is 1. The van der Waals surface area contributed by atoms with Crippen LogP contribution in [0.5, 0.6) is 23.0 Å². The first kappa shape index (κ1) is 41.3. The first-order valence-electron chi connectivity index (χ1n) is 17.3. The van der Waals surface area contributed by atoms with E-state index in [2.05, 4.69) is 4.98 Å². The zero-order valence-corrected chi connectivity index (χ0v) is 29.6. The summed E-state index contributed by atoms with van der Waals surface area (Å²) >= 11 is 0. The average Bonchev–Trinajstić information content (AvgIpc) is 3.62. The molecule has 0 unspecified atom stereocenters. The molecule has 6 rings (SSSR count). The van der Waals surface area contributed by atoms with E-state index in [4.69, 9.17) is 23.4 Å². The number of hydrogen-bond acceptors (Lipinski definition) is 19. The molecule has 308 valence electrons. The molecule has 2 aromatic heterocycles. The van der Waals surface area contributed by atoms with Gasteiger partial charge in [0, 0.05) is 53.7 Å². The number of carboxylic acids is 1. The minimum Gasteiger partial charge on any atom is -0.507 e. The number of nitrogens with one attached hydrogen (secondary N) is 1. The molecule has 0 radical (unpaired) electrons. The van der Waals surface area contributed by atoms with Gasteiger partial charge in [-0.15, -0.1) is 0 Å². The molecule has 2 aromatic carbocycles. The highest BCUT2D eigenvalue weighted by atomic mass is 16.8. The molecule has 2 aliphatic heterocycles. The summed E-state index contributed by atoms with van der Waals surface area (Å²) in [5.74, 6) is -9.53. The maximum atomic E-state index is 13.6. The van der Waals surface area contributed by atoms with Crippen LogP contribution in [0.2, 0.25) is 0 Å². The van der Waals surface area contributed by atoms with E-state index in [1.165, 1.54) is 6.07 Å². The van der Waals surface area contributed by atoms with Gasteiger partial charge >= 0.3 is 11.9 Å². The lowest BCUT2D eigenvalue weighted by atomic mass is 9.94. The first-order chi connectivity index (χ1) is 26.9. The summed E-state index contributed by atoms with van der Waals surface area (Å²) < 4.78 is 27.1. The summed E-state index contributed by atoms with van der Waals surface area (Å²) in [7, 11) is 0. The van der Waals surface area contributed by atoms with Crippen molar-refractivity contribution in [2.24, 2.45) is 0 Å². The third-order valence-corrected chi connectivity index (χ3v) is 9.65. The molecule has 21 nitrogen and oxygen atoms in total. The minimum absolute atomic E-state index is 0.0734. The number of aliphatic hydroxyl groups is 8. The number of hydrogen-bond donors (Lipinski definition) is 13. The second-order valence-corrected chi connectivity index (χ2v) is 13.5. The van der Waals surface area contributed by atoms with Gasteiger partial charge in [-0.25, -0.2) is 9.59 Å². The molecule has 2 saturated heterocycles. The highest BCUT2D eigenvalue weighted by Crippen LogP contribution is 2.41. The van der Waals surface area contributed by atoms with Crippen molar-refractivity contribution < 1.29 is 94.2 Å². The third-order valence-electron chi connectivity index (χ3n) is 9.65. The number of phenols is 3. The van der Waals surface area contributed by atoms with Crippen molar-refractivity contribution in [1.29, 1.82) is 0 Å². The van der Waals surface area contributed by atoms with E-state index >= 15 is 0 Å². The Morgan fingerprint density at radius 1 is 0.895 bits per heavy atom. The Hall–Kier alpha value is -5.33. The van der Waals surface area contributed by atoms with Gasteiger partial charge in [0.1, 0.15) is 58.7 Å². The standard InChI is InChI=1S/C36H39NO20/c1-2-15-5-12(11-37-15)6-16-20(10-21-22(24(16)42)17(39)9-19(53-21)14-7-13(3-4-38)23(41)18(40)8-14)54-34-27(45)25(43)26(44)29(55-34)33(50)57-35-28(46)30(47)36(51,52)31(56-35)32(48)49/h5,7-11,25-31,34-35,37-38,40-47,51-52H,2-4,6H2,1H3,(H,48,49)/t25-,26-,27+,28+,29-,30+,31+,34-,35+/m0/s1. The second kappa shape index (κ2) is 15.9. The number of aliphatic hydroxyl groups excluding tert-OH is 6. The van der Waals surface area contributed by atoms with Crippen LogP contribution in [-0.2, 0) is 43.1 Å². The summed E-state index contributed by atoms with van der Waals surface area (Å²) in [5, 5.41) is 123. The molecule has 2 fully saturated rings. The van der Waals surface area contributed by atoms with E-state index in [1.807, 2.05) is 6.92 Å². The molecular weight excluding hydrogens is 766 g/mol. The molecule has 0 amide bonds. The van der Waals surface area contributed by atoms with E-state index in [1.54, 1.807) is 12.3 Å². The number of phenolic OH excluding ortho intramolecular Hbond substituents is 3. The topological polar surface area (TPSA) is 360 Å². The van der Waals surface area contributed by atoms with Crippen molar-refractivity contribution in [1.82, 2.24) is 4.98 Å². The van der Waals surface area contributed by atoms with Crippen molar-refractivity contribution in [2.75, 3.05) is 6.61 Å². The average molecular weight is 806 g/mol. The number of carboxylic acid groups (broad SMARTS) is 1. The van der Waals surface area contributed by atoms with Gasteiger partial charge in [-0.05, 0) is 36.6 Å². The smallest absolute Gasteiger partial charge is 0.340 e. The lowest BCUT2D eigenvalue weighted by Crippen LogP contribution is -2.69. The highest BCUT2D eigenvalue weighted by molar-refractivity contribution is 5.88. The number of aromatic amines is 1. The molecule has 4 heterocycles. The van der Waals surface area contributed by atoms with Crippen molar-refractivity contribution in [3.8, 4) is 34.3 Å². The van der Waals surface area contributed by atoms with Crippen LogP contribution >= 0.6 is 0 Å². The summed E-state index contributed by atoms with van der Waals surface area (Å²) in [4.78, 5) is 41.4. The fourth-order valence-corrected chi connectivity index (χ4v) is 6.53. The maximum absolute atomic E-state index is 13.6. The molecule has 57 heavy (non-hydrogen) atoms. The molecular formula is C36H39NO20. The lowest BCUT2D eigenvalue weighted by Gasteiger charge is -2.43. The molecule has 13 N–H and O–H groups in total. The van der Waals surface area contributed by atoms with Gasteiger partial charge in [-0.3, -0.25) is 4.79 Å². The number of ether oxygens (including phenoxy) is 4. The molecule has 0 spiro atoms. The van der Waals surface area contributed by atoms with Crippen LogP contribution in [0.25, 0.3) is 22.3 Å². The Labute approximate surface area is 319 Å². The van der Waals surface area contributed by atoms with Crippen molar-refractivity contribution in [3.05, 3.63) is 69.1 Å². The predicted molar refractivity (Wildman–Crippen MR) is 186 cm³/mol. The largest absolute Gasteiger partial charge is 0.507 e. The lowest BCUT2D eigenvalue weighted by molar-refractivity contribution is -0.372. The first-order valence-corrected chi connectivity index (χ1v) is 17.3. The number of carbonyl (C=O) groups excluding carboxylic acids is 1. The highest BCUT2D eigenvalue weighted by Gasteiger charge is 2.59. The molecule has 21 heteroatoms. The summed E-state index contributed by atoms with van der Waals surface area (Å²) in [6, 6.07) is 6.32. The Bertz CT molecular complexity index is 2210. The number of carbonyl (C=O) groups is 2.